The summed E-state index contributed by atoms with van der Waals surface area (Å²) >= 11 is 1.50. The van der Waals surface area contributed by atoms with E-state index in [0.29, 0.717) is 12.3 Å². The number of hydrogen-bond donors (Lipinski definition) is 1. The molecule has 0 saturated heterocycles. The minimum atomic E-state index is -0.533. The Morgan fingerprint density at radius 1 is 1.00 bits per heavy atom. The fraction of sp³-hybridized carbons (Fsp3) is 0.391. The van der Waals surface area contributed by atoms with E-state index in [-0.39, 0.29) is 17.9 Å². The summed E-state index contributed by atoms with van der Waals surface area (Å²) < 4.78 is 0. The van der Waals surface area contributed by atoms with E-state index in [0.717, 1.165) is 16.0 Å². The van der Waals surface area contributed by atoms with Gasteiger partial charge in [0.15, 0.2) is 0 Å². The van der Waals surface area contributed by atoms with Crippen molar-refractivity contribution >= 4 is 23.6 Å². The molecule has 2 aromatic rings. The lowest BCUT2D eigenvalue weighted by atomic mass is 10.1. The SMILES string of the molecule is Cc1ccc(SCC(=O)N(Cc2cccc(C)c2)[C@H](C)C(=O)NC(C)C)cc1. The molecule has 0 bridgehead atoms. The summed E-state index contributed by atoms with van der Waals surface area (Å²) in [5.74, 6) is 0.128. The van der Waals surface area contributed by atoms with Gasteiger partial charge < -0.3 is 10.2 Å². The second-order valence-corrected chi connectivity index (χ2v) is 8.50. The molecule has 0 aromatic heterocycles. The quantitative estimate of drug-likeness (QED) is 0.673. The molecular formula is C23H30N2O2S. The van der Waals surface area contributed by atoms with Gasteiger partial charge in [-0.15, -0.1) is 11.8 Å². The largest absolute Gasteiger partial charge is 0.352 e. The van der Waals surface area contributed by atoms with E-state index in [1.54, 1.807) is 11.8 Å². The third-order valence-electron chi connectivity index (χ3n) is 4.42. The summed E-state index contributed by atoms with van der Waals surface area (Å²) in [7, 11) is 0. The molecule has 0 aliphatic carbocycles. The van der Waals surface area contributed by atoms with E-state index >= 15 is 0 Å². The number of aryl methyl sites for hydroxylation is 2. The number of benzene rings is 2. The van der Waals surface area contributed by atoms with E-state index < -0.39 is 6.04 Å². The van der Waals surface area contributed by atoms with Crippen LogP contribution in [0.3, 0.4) is 0 Å². The third-order valence-corrected chi connectivity index (χ3v) is 5.41. The van der Waals surface area contributed by atoms with E-state index in [4.69, 9.17) is 0 Å². The van der Waals surface area contributed by atoms with E-state index in [1.165, 1.54) is 17.3 Å². The van der Waals surface area contributed by atoms with Crippen LogP contribution in [0.1, 0.15) is 37.5 Å². The predicted octanol–water partition coefficient (Wildman–Crippen LogP) is 4.34. The smallest absolute Gasteiger partial charge is 0.242 e. The zero-order valence-corrected chi connectivity index (χ0v) is 18.2. The van der Waals surface area contributed by atoms with Crippen LogP contribution in [0.15, 0.2) is 53.4 Å². The first kappa shape index (κ1) is 22.0. The molecule has 0 aliphatic rings. The van der Waals surface area contributed by atoms with Crippen molar-refractivity contribution in [2.75, 3.05) is 5.75 Å². The molecule has 0 fully saturated rings. The average Bonchev–Trinajstić information content (AvgIpc) is 2.64. The maximum absolute atomic E-state index is 13.0. The van der Waals surface area contributed by atoms with Gasteiger partial charge in [-0.05, 0) is 52.3 Å². The first-order valence-corrected chi connectivity index (χ1v) is 10.6. The highest BCUT2D eigenvalue weighted by Gasteiger charge is 2.26. The number of carbonyl (C=O) groups is 2. The Hall–Kier alpha value is -2.27. The summed E-state index contributed by atoms with van der Waals surface area (Å²) in [6.07, 6.45) is 0. The molecule has 4 nitrogen and oxygen atoms in total. The van der Waals surface area contributed by atoms with Crippen LogP contribution in [0.5, 0.6) is 0 Å². The first-order valence-electron chi connectivity index (χ1n) is 9.61. The highest BCUT2D eigenvalue weighted by Crippen LogP contribution is 2.20. The molecule has 5 heteroatoms. The fourth-order valence-electron chi connectivity index (χ4n) is 2.86. The van der Waals surface area contributed by atoms with Crippen LogP contribution in [0.4, 0.5) is 0 Å². The monoisotopic (exact) mass is 398 g/mol. The number of hydrogen-bond acceptors (Lipinski definition) is 3. The van der Waals surface area contributed by atoms with Crippen molar-refractivity contribution in [2.45, 2.75) is 58.1 Å². The van der Waals surface area contributed by atoms with E-state index in [2.05, 4.69) is 11.4 Å². The summed E-state index contributed by atoms with van der Waals surface area (Å²) in [5, 5.41) is 2.92. The molecule has 0 radical (unpaired) electrons. The molecule has 150 valence electrons. The van der Waals surface area contributed by atoms with Gasteiger partial charge in [0.2, 0.25) is 11.8 Å². The molecule has 2 aromatic carbocycles. The molecule has 1 N–H and O–H groups in total. The van der Waals surface area contributed by atoms with Crippen LogP contribution < -0.4 is 5.32 Å². The Balaban J connectivity index is 2.14. The van der Waals surface area contributed by atoms with Crippen molar-refractivity contribution in [3.8, 4) is 0 Å². The normalized spacial score (nSPS) is 11.9. The summed E-state index contributed by atoms with van der Waals surface area (Å²) in [4.78, 5) is 28.3. The number of nitrogens with zero attached hydrogens (tertiary/aromatic N) is 1. The molecule has 0 spiro atoms. The lowest BCUT2D eigenvalue weighted by Crippen LogP contribution is -2.49. The number of rotatable bonds is 8. The Kier molecular flexibility index (Phi) is 8.12. The zero-order valence-electron chi connectivity index (χ0n) is 17.4. The van der Waals surface area contributed by atoms with Gasteiger partial charge in [0.1, 0.15) is 6.04 Å². The van der Waals surface area contributed by atoms with Crippen molar-refractivity contribution in [3.05, 3.63) is 65.2 Å². The predicted molar refractivity (Wildman–Crippen MR) is 116 cm³/mol. The van der Waals surface area contributed by atoms with Crippen LogP contribution in [-0.4, -0.2) is 34.6 Å². The van der Waals surface area contributed by atoms with Crippen molar-refractivity contribution in [2.24, 2.45) is 0 Å². The van der Waals surface area contributed by atoms with Crippen LogP contribution in [-0.2, 0) is 16.1 Å². The van der Waals surface area contributed by atoms with Gasteiger partial charge in [-0.25, -0.2) is 0 Å². The zero-order chi connectivity index (χ0) is 20.7. The van der Waals surface area contributed by atoms with Gasteiger partial charge >= 0.3 is 0 Å². The van der Waals surface area contributed by atoms with Crippen LogP contribution >= 0.6 is 11.8 Å². The minimum absolute atomic E-state index is 0.0350. The van der Waals surface area contributed by atoms with Crippen LogP contribution in [0.25, 0.3) is 0 Å². The number of amides is 2. The summed E-state index contributed by atoms with van der Waals surface area (Å²) in [5.41, 5.74) is 3.35. The molecule has 2 rings (SSSR count). The van der Waals surface area contributed by atoms with Crippen LogP contribution in [0.2, 0.25) is 0 Å². The van der Waals surface area contributed by atoms with Crippen molar-refractivity contribution in [3.63, 3.8) is 0 Å². The van der Waals surface area contributed by atoms with Gasteiger partial charge in [0, 0.05) is 17.5 Å². The third kappa shape index (κ3) is 6.71. The lowest BCUT2D eigenvalue weighted by molar-refractivity contribution is -0.138. The molecule has 0 unspecified atom stereocenters. The highest BCUT2D eigenvalue weighted by molar-refractivity contribution is 8.00. The molecule has 1 atom stereocenters. The van der Waals surface area contributed by atoms with Gasteiger partial charge in [-0.3, -0.25) is 9.59 Å². The average molecular weight is 399 g/mol. The van der Waals surface area contributed by atoms with Crippen molar-refractivity contribution < 1.29 is 9.59 Å². The van der Waals surface area contributed by atoms with Crippen molar-refractivity contribution in [1.29, 1.82) is 0 Å². The van der Waals surface area contributed by atoms with Gasteiger partial charge in [-0.1, -0.05) is 47.5 Å². The molecule has 0 aliphatic heterocycles. The Bertz CT molecular complexity index is 803. The molecule has 2 amide bonds. The standard InChI is InChI=1S/C23H30N2O2S/c1-16(2)24-23(27)19(5)25(14-20-8-6-7-18(4)13-20)22(26)15-28-21-11-9-17(3)10-12-21/h6-13,16,19H,14-15H2,1-5H3,(H,24,27)/t19-/m1/s1. The maximum Gasteiger partial charge on any atom is 0.242 e. The number of carbonyl (C=O) groups excluding carboxylic acids is 2. The molecule has 0 heterocycles. The Morgan fingerprint density at radius 2 is 1.68 bits per heavy atom. The second-order valence-electron chi connectivity index (χ2n) is 7.45. The van der Waals surface area contributed by atoms with E-state index in [1.807, 2.05) is 70.2 Å². The maximum atomic E-state index is 13.0. The topological polar surface area (TPSA) is 49.4 Å². The summed E-state index contributed by atoms with van der Waals surface area (Å²) in [6.45, 7) is 10.1. The lowest BCUT2D eigenvalue weighted by Gasteiger charge is -2.29. The first-order chi connectivity index (χ1) is 13.3. The molecule has 28 heavy (non-hydrogen) atoms. The van der Waals surface area contributed by atoms with Gasteiger partial charge in [0.25, 0.3) is 0 Å². The highest BCUT2D eigenvalue weighted by atomic mass is 32.2. The van der Waals surface area contributed by atoms with Crippen molar-refractivity contribution in [1.82, 2.24) is 10.2 Å². The number of thioether (sulfide) groups is 1. The Morgan fingerprint density at radius 3 is 2.29 bits per heavy atom. The molecular weight excluding hydrogens is 368 g/mol. The second kappa shape index (κ2) is 10.3. The Labute approximate surface area is 172 Å². The number of nitrogens with one attached hydrogen (secondary N) is 1. The molecule has 0 saturated carbocycles. The van der Waals surface area contributed by atoms with E-state index in [9.17, 15) is 9.59 Å². The summed E-state index contributed by atoms with van der Waals surface area (Å²) in [6, 6.07) is 15.7. The van der Waals surface area contributed by atoms with Crippen LogP contribution in [0, 0.1) is 13.8 Å². The fourth-order valence-corrected chi connectivity index (χ4v) is 3.64. The van der Waals surface area contributed by atoms with Gasteiger partial charge in [-0.2, -0.15) is 0 Å². The van der Waals surface area contributed by atoms with Gasteiger partial charge in [0.05, 0.1) is 5.75 Å². The minimum Gasteiger partial charge on any atom is -0.352 e.